The molecule has 1 aliphatic heterocycles. The van der Waals surface area contributed by atoms with Crippen LogP contribution in [0, 0.1) is 6.92 Å². The van der Waals surface area contributed by atoms with Crippen molar-refractivity contribution in [2.75, 3.05) is 45.7 Å². The molecule has 1 heterocycles. The maximum atomic E-state index is 12.9. The number of rotatable bonds is 4. The van der Waals surface area contributed by atoms with Crippen molar-refractivity contribution in [3.63, 3.8) is 0 Å². The van der Waals surface area contributed by atoms with Crippen molar-refractivity contribution in [3.8, 4) is 11.5 Å². The number of hydrogen-bond donors (Lipinski definition) is 1. The van der Waals surface area contributed by atoms with Gasteiger partial charge in [0.2, 0.25) is 0 Å². The lowest BCUT2D eigenvalue weighted by molar-refractivity contribution is 0.0668. The van der Waals surface area contributed by atoms with E-state index in [1.807, 2.05) is 19.1 Å². The lowest BCUT2D eigenvalue weighted by Crippen LogP contribution is -2.51. The molecule has 0 saturated carbocycles. The van der Waals surface area contributed by atoms with E-state index in [0.29, 0.717) is 54.0 Å². The van der Waals surface area contributed by atoms with Crippen molar-refractivity contribution < 1.29 is 19.1 Å². The van der Waals surface area contributed by atoms with Gasteiger partial charge in [-0.1, -0.05) is 17.7 Å². The number of halogens is 1. The third kappa shape index (κ3) is 4.74. The van der Waals surface area contributed by atoms with E-state index in [0.717, 1.165) is 5.56 Å². The Morgan fingerprint density at radius 1 is 0.966 bits per heavy atom. The third-order valence-electron chi connectivity index (χ3n) is 4.91. The number of piperazine rings is 1. The summed E-state index contributed by atoms with van der Waals surface area (Å²) >= 11 is 6.11. The molecule has 3 rings (SSSR count). The predicted octanol–water partition coefficient (Wildman–Crippen LogP) is 3.66. The van der Waals surface area contributed by atoms with Crippen molar-refractivity contribution >= 4 is 29.2 Å². The molecule has 0 unspecified atom stereocenters. The summed E-state index contributed by atoms with van der Waals surface area (Å²) in [6, 6.07) is 10.3. The van der Waals surface area contributed by atoms with Crippen molar-refractivity contribution in [2.45, 2.75) is 6.92 Å². The standard InChI is InChI=1S/C21H24ClN3O4/c1-14-4-5-15(12-18(14)22)23-21(27)25-10-8-24(9-11-25)20(26)17-13-16(28-2)6-7-19(17)29-3/h4-7,12-13H,8-11H2,1-3H3,(H,23,27). The minimum Gasteiger partial charge on any atom is -0.497 e. The first-order valence-corrected chi connectivity index (χ1v) is 9.64. The topological polar surface area (TPSA) is 71.1 Å². The van der Waals surface area contributed by atoms with Crippen LogP contribution >= 0.6 is 11.6 Å². The van der Waals surface area contributed by atoms with Gasteiger partial charge in [0.15, 0.2) is 0 Å². The predicted molar refractivity (Wildman–Crippen MR) is 112 cm³/mol. The molecule has 0 aliphatic carbocycles. The molecule has 2 aromatic rings. The summed E-state index contributed by atoms with van der Waals surface area (Å²) in [5.41, 5.74) is 2.04. The quantitative estimate of drug-likeness (QED) is 0.824. The first-order chi connectivity index (χ1) is 13.9. The van der Waals surface area contributed by atoms with E-state index in [1.165, 1.54) is 7.11 Å². The molecule has 154 valence electrons. The Kier molecular flexibility index (Phi) is 6.49. The molecule has 1 N–H and O–H groups in total. The second-order valence-electron chi connectivity index (χ2n) is 6.74. The van der Waals surface area contributed by atoms with Crippen LogP contribution in [-0.2, 0) is 0 Å². The number of urea groups is 1. The average Bonchev–Trinajstić information content (AvgIpc) is 2.75. The van der Waals surface area contributed by atoms with Crippen LogP contribution in [0.2, 0.25) is 5.02 Å². The number of benzene rings is 2. The highest BCUT2D eigenvalue weighted by molar-refractivity contribution is 6.31. The van der Waals surface area contributed by atoms with Gasteiger partial charge in [-0.2, -0.15) is 0 Å². The molecule has 29 heavy (non-hydrogen) atoms. The molecular weight excluding hydrogens is 394 g/mol. The van der Waals surface area contributed by atoms with Gasteiger partial charge in [0.05, 0.1) is 19.8 Å². The number of hydrogen-bond acceptors (Lipinski definition) is 4. The van der Waals surface area contributed by atoms with E-state index >= 15 is 0 Å². The Morgan fingerprint density at radius 3 is 2.28 bits per heavy atom. The summed E-state index contributed by atoms with van der Waals surface area (Å²) in [5.74, 6) is 0.933. The van der Waals surface area contributed by atoms with Crippen molar-refractivity contribution in [2.24, 2.45) is 0 Å². The van der Waals surface area contributed by atoms with Gasteiger partial charge < -0.3 is 24.6 Å². The minimum atomic E-state index is -0.212. The van der Waals surface area contributed by atoms with Crippen LogP contribution in [0.5, 0.6) is 11.5 Å². The summed E-state index contributed by atoms with van der Waals surface area (Å²) in [6.07, 6.45) is 0. The Balaban J connectivity index is 1.62. The second kappa shape index (κ2) is 9.05. The van der Waals surface area contributed by atoms with E-state index in [1.54, 1.807) is 41.2 Å². The zero-order chi connectivity index (χ0) is 21.0. The van der Waals surface area contributed by atoms with E-state index in [4.69, 9.17) is 21.1 Å². The van der Waals surface area contributed by atoms with Gasteiger partial charge in [0.1, 0.15) is 11.5 Å². The molecule has 8 heteroatoms. The van der Waals surface area contributed by atoms with Crippen LogP contribution in [-0.4, -0.2) is 62.1 Å². The number of anilines is 1. The van der Waals surface area contributed by atoms with Crippen LogP contribution in [0.25, 0.3) is 0 Å². The third-order valence-corrected chi connectivity index (χ3v) is 5.32. The lowest BCUT2D eigenvalue weighted by Gasteiger charge is -2.35. The summed E-state index contributed by atoms with van der Waals surface area (Å²) in [7, 11) is 3.08. The molecule has 0 bridgehead atoms. The monoisotopic (exact) mass is 417 g/mol. The molecule has 0 atom stereocenters. The highest BCUT2D eigenvalue weighted by Gasteiger charge is 2.27. The molecular formula is C21H24ClN3O4. The highest BCUT2D eigenvalue weighted by atomic mass is 35.5. The summed E-state index contributed by atoms with van der Waals surface area (Å²) in [6.45, 7) is 3.64. The smallest absolute Gasteiger partial charge is 0.321 e. The van der Waals surface area contributed by atoms with E-state index in [-0.39, 0.29) is 11.9 Å². The average molecular weight is 418 g/mol. The Labute approximate surface area is 175 Å². The van der Waals surface area contributed by atoms with Crippen molar-refractivity contribution in [1.29, 1.82) is 0 Å². The van der Waals surface area contributed by atoms with Gasteiger partial charge in [-0.25, -0.2) is 4.79 Å². The second-order valence-corrected chi connectivity index (χ2v) is 7.15. The molecule has 1 fully saturated rings. The number of amides is 3. The largest absolute Gasteiger partial charge is 0.497 e. The van der Waals surface area contributed by atoms with Crippen LogP contribution < -0.4 is 14.8 Å². The van der Waals surface area contributed by atoms with Crippen LogP contribution in [0.4, 0.5) is 10.5 Å². The molecule has 0 aromatic heterocycles. The fourth-order valence-corrected chi connectivity index (χ4v) is 3.32. The fourth-order valence-electron chi connectivity index (χ4n) is 3.14. The van der Waals surface area contributed by atoms with Crippen LogP contribution in [0.15, 0.2) is 36.4 Å². The minimum absolute atomic E-state index is 0.147. The molecule has 7 nitrogen and oxygen atoms in total. The first-order valence-electron chi connectivity index (χ1n) is 9.26. The number of carbonyl (C=O) groups is 2. The molecule has 1 saturated heterocycles. The van der Waals surface area contributed by atoms with Gasteiger partial charge in [0, 0.05) is 36.9 Å². The van der Waals surface area contributed by atoms with Crippen molar-refractivity contribution in [3.05, 3.63) is 52.5 Å². The van der Waals surface area contributed by atoms with Crippen LogP contribution in [0.1, 0.15) is 15.9 Å². The molecule has 1 aliphatic rings. The maximum absolute atomic E-state index is 12.9. The van der Waals surface area contributed by atoms with Crippen LogP contribution in [0.3, 0.4) is 0 Å². The number of ether oxygens (including phenoxy) is 2. The van der Waals surface area contributed by atoms with Gasteiger partial charge in [0.25, 0.3) is 5.91 Å². The summed E-state index contributed by atoms with van der Waals surface area (Å²) < 4.78 is 10.5. The van der Waals surface area contributed by atoms with E-state index < -0.39 is 0 Å². The number of aryl methyl sites for hydroxylation is 1. The summed E-state index contributed by atoms with van der Waals surface area (Å²) in [5, 5.41) is 3.45. The molecule has 3 amide bonds. The van der Waals surface area contributed by atoms with E-state index in [2.05, 4.69) is 5.32 Å². The van der Waals surface area contributed by atoms with E-state index in [9.17, 15) is 9.59 Å². The summed E-state index contributed by atoms with van der Waals surface area (Å²) in [4.78, 5) is 28.9. The zero-order valence-electron chi connectivity index (χ0n) is 16.7. The zero-order valence-corrected chi connectivity index (χ0v) is 17.5. The lowest BCUT2D eigenvalue weighted by atomic mass is 10.1. The Morgan fingerprint density at radius 2 is 1.66 bits per heavy atom. The Hall–Kier alpha value is -2.93. The van der Waals surface area contributed by atoms with Gasteiger partial charge in [-0.3, -0.25) is 4.79 Å². The van der Waals surface area contributed by atoms with Gasteiger partial charge >= 0.3 is 6.03 Å². The normalized spacial score (nSPS) is 13.8. The molecule has 0 radical (unpaired) electrons. The highest BCUT2D eigenvalue weighted by Crippen LogP contribution is 2.26. The molecule has 0 spiro atoms. The van der Waals surface area contributed by atoms with Gasteiger partial charge in [-0.05, 0) is 42.8 Å². The maximum Gasteiger partial charge on any atom is 0.321 e. The van der Waals surface area contributed by atoms with Gasteiger partial charge in [-0.15, -0.1) is 0 Å². The SMILES string of the molecule is COc1ccc(OC)c(C(=O)N2CCN(C(=O)Nc3ccc(C)c(Cl)c3)CC2)c1. The number of methoxy groups -OCH3 is 2. The molecule has 2 aromatic carbocycles. The number of nitrogens with zero attached hydrogens (tertiary/aromatic N) is 2. The first kappa shape index (κ1) is 20.8. The number of carbonyl (C=O) groups excluding carboxylic acids is 2. The Bertz CT molecular complexity index is 911. The fraction of sp³-hybridized carbons (Fsp3) is 0.333. The number of nitrogens with one attached hydrogen (secondary N) is 1. The van der Waals surface area contributed by atoms with Crippen molar-refractivity contribution in [1.82, 2.24) is 9.80 Å².